The van der Waals surface area contributed by atoms with E-state index in [4.69, 9.17) is 0 Å². The molecule has 0 saturated carbocycles. The van der Waals surface area contributed by atoms with Gasteiger partial charge in [0.05, 0.1) is 13.2 Å². The van der Waals surface area contributed by atoms with Gasteiger partial charge in [0, 0.05) is 24.6 Å². The molecule has 20 heavy (non-hydrogen) atoms. The summed E-state index contributed by atoms with van der Waals surface area (Å²) in [6, 6.07) is -0.00921. The maximum atomic E-state index is 11.7. The van der Waals surface area contributed by atoms with Crippen LogP contribution in [0.5, 0.6) is 0 Å². The molecule has 5 nitrogen and oxygen atoms in total. The molecule has 1 rings (SSSR count). The number of nitrogens with one attached hydrogen (secondary N) is 2. The SMILES string of the molecule is COC(=O)CCCCCCCNC(=O)C1CSCN1.Cl. The first-order valence-corrected chi connectivity index (χ1v) is 8.05. The summed E-state index contributed by atoms with van der Waals surface area (Å²) in [7, 11) is 1.42. The first-order chi connectivity index (χ1) is 9.24. The van der Waals surface area contributed by atoms with Gasteiger partial charge in [-0.25, -0.2) is 0 Å². The molecular weight excluding hydrogens is 300 g/mol. The van der Waals surface area contributed by atoms with Gasteiger partial charge in [-0.3, -0.25) is 14.9 Å². The number of hydrogen-bond acceptors (Lipinski definition) is 5. The van der Waals surface area contributed by atoms with Crippen LogP contribution in [0, 0.1) is 0 Å². The third-order valence-corrected chi connectivity index (χ3v) is 4.06. The molecule has 0 bridgehead atoms. The van der Waals surface area contributed by atoms with Crippen LogP contribution >= 0.6 is 24.2 Å². The van der Waals surface area contributed by atoms with Crippen molar-refractivity contribution in [3.05, 3.63) is 0 Å². The van der Waals surface area contributed by atoms with E-state index >= 15 is 0 Å². The molecule has 118 valence electrons. The minimum absolute atomic E-state index is 0. The van der Waals surface area contributed by atoms with Gasteiger partial charge in [-0.15, -0.1) is 24.2 Å². The lowest BCUT2D eigenvalue weighted by Gasteiger charge is -2.10. The standard InChI is InChI=1S/C13H24N2O3S.ClH/c1-18-12(16)7-5-3-2-4-6-8-14-13(17)11-9-19-10-15-11;/h11,15H,2-10H2,1H3,(H,14,17);1H. The summed E-state index contributed by atoms with van der Waals surface area (Å²) < 4.78 is 4.58. The predicted octanol–water partition coefficient (Wildman–Crippen LogP) is 1.70. The lowest BCUT2D eigenvalue weighted by Crippen LogP contribution is -2.42. The fraction of sp³-hybridized carbons (Fsp3) is 0.846. The Balaban J connectivity index is 0.00000361. The normalized spacial score (nSPS) is 17.4. The van der Waals surface area contributed by atoms with E-state index in [-0.39, 0.29) is 30.3 Å². The average molecular weight is 325 g/mol. The first kappa shape index (κ1) is 19.5. The molecule has 1 amide bonds. The van der Waals surface area contributed by atoms with Crippen molar-refractivity contribution in [2.45, 2.75) is 44.6 Å². The van der Waals surface area contributed by atoms with Crippen molar-refractivity contribution in [2.24, 2.45) is 0 Å². The lowest BCUT2D eigenvalue weighted by molar-refractivity contribution is -0.140. The second kappa shape index (κ2) is 12.3. The van der Waals surface area contributed by atoms with E-state index in [2.05, 4.69) is 15.4 Å². The number of thioether (sulfide) groups is 1. The van der Waals surface area contributed by atoms with Crippen LogP contribution in [0.25, 0.3) is 0 Å². The van der Waals surface area contributed by atoms with Crippen LogP contribution in [0.15, 0.2) is 0 Å². The second-order valence-electron chi connectivity index (χ2n) is 4.66. The summed E-state index contributed by atoms with van der Waals surface area (Å²) in [6.07, 6.45) is 5.65. The molecule has 1 aliphatic rings. The van der Waals surface area contributed by atoms with Crippen LogP contribution in [0.2, 0.25) is 0 Å². The molecule has 0 radical (unpaired) electrons. The number of rotatable bonds is 9. The van der Waals surface area contributed by atoms with E-state index in [1.807, 2.05) is 0 Å². The molecule has 0 aromatic carbocycles. The van der Waals surface area contributed by atoms with E-state index in [9.17, 15) is 9.59 Å². The van der Waals surface area contributed by atoms with Crippen molar-refractivity contribution >= 4 is 36.0 Å². The maximum Gasteiger partial charge on any atom is 0.305 e. The predicted molar refractivity (Wildman–Crippen MR) is 84.2 cm³/mol. The number of hydrogen-bond donors (Lipinski definition) is 2. The van der Waals surface area contributed by atoms with E-state index in [1.165, 1.54) is 7.11 Å². The van der Waals surface area contributed by atoms with Crippen LogP contribution in [-0.2, 0) is 14.3 Å². The zero-order valence-electron chi connectivity index (χ0n) is 12.0. The van der Waals surface area contributed by atoms with Gasteiger partial charge in [-0.05, 0) is 12.8 Å². The Bertz CT molecular complexity index is 287. The van der Waals surface area contributed by atoms with Gasteiger partial charge in [0.1, 0.15) is 0 Å². The summed E-state index contributed by atoms with van der Waals surface area (Å²) in [5, 5.41) is 6.10. The minimum atomic E-state index is -0.130. The fourth-order valence-corrected chi connectivity index (χ4v) is 2.87. The summed E-state index contributed by atoms with van der Waals surface area (Å²) in [6.45, 7) is 0.749. The summed E-state index contributed by atoms with van der Waals surface area (Å²) >= 11 is 1.76. The Labute approximate surface area is 131 Å². The van der Waals surface area contributed by atoms with Gasteiger partial charge in [0.15, 0.2) is 0 Å². The number of carbonyl (C=O) groups is 2. The monoisotopic (exact) mass is 324 g/mol. The Kier molecular flexibility index (Phi) is 12.0. The highest BCUT2D eigenvalue weighted by Crippen LogP contribution is 2.09. The van der Waals surface area contributed by atoms with Gasteiger partial charge in [-0.2, -0.15) is 0 Å². The van der Waals surface area contributed by atoms with Gasteiger partial charge >= 0.3 is 5.97 Å². The zero-order chi connectivity index (χ0) is 13.9. The molecule has 1 saturated heterocycles. The Morgan fingerprint density at radius 2 is 1.95 bits per heavy atom. The Morgan fingerprint density at radius 3 is 2.60 bits per heavy atom. The van der Waals surface area contributed by atoms with Crippen molar-refractivity contribution in [3.63, 3.8) is 0 Å². The zero-order valence-corrected chi connectivity index (χ0v) is 13.6. The maximum absolute atomic E-state index is 11.7. The summed E-state index contributed by atoms with van der Waals surface area (Å²) in [5.74, 6) is 1.74. The molecule has 1 unspecified atom stereocenters. The largest absolute Gasteiger partial charge is 0.469 e. The van der Waals surface area contributed by atoms with Crippen molar-refractivity contribution in [2.75, 3.05) is 25.3 Å². The topological polar surface area (TPSA) is 67.4 Å². The highest BCUT2D eigenvalue weighted by Gasteiger charge is 2.21. The number of amides is 1. The van der Waals surface area contributed by atoms with Gasteiger partial charge < -0.3 is 10.1 Å². The minimum Gasteiger partial charge on any atom is -0.469 e. The molecule has 1 fully saturated rings. The van der Waals surface area contributed by atoms with Gasteiger partial charge in [-0.1, -0.05) is 19.3 Å². The van der Waals surface area contributed by atoms with Crippen LogP contribution in [0.3, 0.4) is 0 Å². The first-order valence-electron chi connectivity index (χ1n) is 6.89. The van der Waals surface area contributed by atoms with Gasteiger partial charge in [0.2, 0.25) is 5.91 Å². The summed E-state index contributed by atoms with van der Waals surface area (Å²) in [5.41, 5.74) is 0. The number of halogens is 1. The quantitative estimate of drug-likeness (QED) is 0.499. The van der Waals surface area contributed by atoms with E-state index in [1.54, 1.807) is 11.8 Å². The molecule has 2 N–H and O–H groups in total. The van der Waals surface area contributed by atoms with E-state index in [0.717, 1.165) is 50.3 Å². The highest BCUT2D eigenvalue weighted by molar-refractivity contribution is 7.99. The molecule has 1 atom stereocenters. The molecular formula is C13H25ClN2O3S. The van der Waals surface area contributed by atoms with Crippen molar-refractivity contribution in [1.82, 2.24) is 10.6 Å². The van der Waals surface area contributed by atoms with Crippen LogP contribution in [-0.4, -0.2) is 43.2 Å². The smallest absolute Gasteiger partial charge is 0.305 e. The second-order valence-corrected chi connectivity index (χ2v) is 5.69. The van der Waals surface area contributed by atoms with E-state index < -0.39 is 0 Å². The summed E-state index contributed by atoms with van der Waals surface area (Å²) in [4.78, 5) is 22.5. The fourth-order valence-electron chi connectivity index (χ4n) is 1.93. The average Bonchev–Trinajstić information content (AvgIpc) is 2.95. The number of esters is 1. The third kappa shape index (κ3) is 8.66. The Morgan fingerprint density at radius 1 is 1.25 bits per heavy atom. The number of unbranched alkanes of at least 4 members (excludes halogenated alkanes) is 4. The van der Waals surface area contributed by atoms with Crippen LogP contribution in [0.4, 0.5) is 0 Å². The van der Waals surface area contributed by atoms with Crippen molar-refractivity contribution in [3.8, 4) is 0 Å². The molecule has 1 heterocycles. The molecule has 0 aromatic rings. The third-order valence-electron chi connectivity index (χ3n) is 3.12. The van der Waals surface area contributed by atoms with E-state index in [0.29, 0.717) is 6.42 Å². The Hall–Kier alpha value is -0.460. The molecule has 0 aromatic heterocycles. The number of methoxy groups -OCH3 is 1. The molecule has 1 aliphatic heterocycles. The molecule has 0 aliphatic carbocycles. The van der Waals surface area contributed by atoms with Crippen molar-refractivity contribution in [1.29, 1.82) is 0 Å². The lowest BCUT2D eigenvalue weighted by atomic mass is 10.1. The van der Waals surface area contributed by atoms with Gasteiger partial charge in [0.25, 0.3) is 0 Å². The van der Waals surface area contributed by atoms with Crippen LogP contribution < -0.4 is 10.6 Å². The van der Waals surface area contributed by atoms with Crippen molar-refractivity contribution < 1.29 is 14.3 Å². The molecule has 7 heteroatoms. The molecule has 0 spiro atoms. The number of ether oxygens (including phenoxy) is 1. The highest BCUT2D eigenvalue weighted by atomic mass is 35.5. The number of carbonyl (C=O) groups excluding carboxylic acids is 2. The van der Waals surface area contributed by atoms with Crippen LogP contribution in [0.1, 0.15) is 38.5 Å².